The Kier molecular flexibility index (Phi) is 3.50. The topological polar surface area (TPSA) is 38.1 Å². The van der Waals surface area contributed by atoms with E-state index >= 15 is 0 Å². The molecule has 0 saturated carbocycles. The fourth-order valence-corrected chi connectivity index (χ4v) is 2.15. The van der Waals surface area contributed by atoms with Crippen molar-refractivity contribution in [1.29, 1.82) is 0 Å². The van der Waals surface area contributed by atoms with Gasteiger partial charge in [0.15, 0.2) is 0 Å². The van der Waals surface area contributed by atoms with Gasteiger partial charge < -0.3 is 5.11 Å². The minimum absolute atomic E-state index is 0.499. The Morgan fingerprint density at radius 1 is 1.41 bits per heavy atom. The lowest BCUT2D eigenvalue weighted by Crippen LogP contribution is -2.08. The van der Waals surface area contributed by atoms with Gasteiger partial charge in [0.25, 0.3) is 0 Å². The first kappa shape index (κ1) is 12.1. The number of halogens is 1. The van der Waals surface area contributed by atoms with Crippen molar-refractivity contribution in [1.82, 2.24) is 9.78 Å². The summed E-state index contributed by atoms with van der Waals surface area (Å²) in [6, 6.07) is 7.67. The lowest BCUT2D eigenvalue weighted by molar-refractivity contribution is 0.168. The Hall–Kier alpha value is -1.32. The largest absolute Gasteiger partial charge is 0.386 e. The molecule has 1 atom stereocenters. The first-order valence-corrected chi connectivity index (χ1v) is 5.86. The molecule has 90 valence electrons. The summed E-state index contributed by atoms with van der Waals surface area (Å²) in [5, 5.41) is 14.9. The Bertz CT molecular complexity index is 522. The maximum Gasteiger partial charge on any atom is 0.0997 e. The molecule has 0 spiro atoms. The van der Waals surface area contributed by atoms with Crippen molar-refractivity contribution in [2.24, 2.45) is 7.05 Å². The normalized spacial score (nSPS) is 12.7. The van der Waals surface area contributed by atoms with Crippen LogP contribution in [0.5, 0.6) is 0 Å². The Morgan fingerprint density at radius 2 is 2.18 bits per heavy atom. The highest BCUT2D eigenvalue weighted by Gasteiger charge is 2.13. The standard InChI is InChI=1S/C13H15ClN2O/c1-9-3-4-10(11(14)7-9)8-13(17)12-5-6-15-16(12)2/h3-7,13,17H,8H2,1-2H3. The van der Waals surface area contributed by atoms with E-state index in [1.807, 2.05) is 38.2 Å². The van der Waals surface area contributed by atoms with Crippen LogP contribution in [0.1, 0.15) is 22.9 Å². The molecule has 0 saturated heterocycles. The second kappa shape index (κ2) is 4.90. The molecule has 1 unspecified atom stereocenters. The zero-order valence-corrected chi connectivity index (χ0v) is 10.6. The highest BCUT2D eigenvalue weighted by atomic mass is 35.5. The van der Waals surface area contributed by atoms with Crippen molar-refractivity contribution in [2.75, 3.05) is 0 Å². The fourth-order valence-electron chi connectivity index (χ4n) is 1.84. The molecule has 1 heterocycles. The maximum absolute atomic E-state index is 10.1. The third kappa shape index (κ3) is 2.68. The fraction of sp³-hybridized carbons (Fsp3) is 0.308. The average molecular weight is 251 g/mol. The molecule has 3 nitrogen and oxygen atoms in total. The lowest BCUT2D eigenvalue weighted by atomic mass is 10.0. The summed E-state index contributed by atoms with van der Waals surface area (Å²) in [4.78, 5) is 0. The van der Waals surface area contributed by atoms with Gasteiger partial charge >= 0.3 is 0 Å². The minimum Gasteiger partial charge on any atom is -0.386 e. The number of hydrogen-bond acceptors (Lipinski definition) is 2. The summed E-state index contributed by atoms with van der Waals surface area (Å²) in [6.45, 7) is 1.99. The zero-order chi connectivity index (χ0) is 12.4. The van der Waals surface area contributed by atoms with Crippen LogP contribution in [0.25, 0.3) is 0 Å². The zero-order valence-electron chi connectivity index (χ0n) is 9.89. The third-order valence-corrected chi connectivity index (χ3v) is 3.17. The molecule has 1 aromatic heterocycles. The molecule has 0 aliphatic rings. The van der Waals surface area contributed by atoms with Crippen molar-refractivity contribution < 1.29 is 5.11 Å². The number of nitrogens with zero attached hydrogens (tertiary/aromatic N) is 2. The molecule has 2 aromatic rings. The molecule has 0 bridgehead atoms. The first-order chi connectivity index (χ1) is 8.08. The molecule has 4 heteroatoms. The second-order valence-corrected chi connectivity index (χ2v) is 4.60. The number of aliphatic hydroxyl groups excluding tert-OH is 1. The van der Waals surface area contributed by atoms with Crippen molar-refractivity contribution in [3.05, 3.63) is 52.3 Å². The van der Waals surface area contributed by atoms with Gasteiger partial charge in [0.1, 0.15) is 0 Å². The number of aryl methyl sites for hydroxylation is 2. The molecule has 0 aliphatic heterocycles. The van der Waals surface area contributed by atoms with Gasteiger partial charge in [-0.3, -0.25) is 4.68 Å². The smallest absolute Gasteiger partial charge is 0.0997 e. The van der Waals surface area contributed by atoms with Crippen LogP contribution in [-0.2, 0) is 13.5 Å². The van der Waals surface area contributed by atoms with Crippen LogP contribution in [0.3, 0.4) is 0 Å². The van der Waals surface area contributed by atoms with Gasteiger partial charge in [-0.05, 0) is 30.2 Å². The monoisotopic (exact) mass is 250 g/mol. The van der Waals surface area contributed by atoms with E-state index in [4.69, 9.17) is 11.6 Å². The van der Waals surface area contributed by atoms with Gasteiger partial charge in [0.05, 0.1) is 11.8 Å². The van der Waals surface area contributed by atoms with Crippen LogP contribution in [0.2, 0.25) is 5.02 Å². The van der Waals surface area contributed by atoms with Crippen LogP contribution in [0.15, 0.2) is 30.5 Å². The Balaban J connectivity index is 2.19. The summed E-state index contributed by atoms with van der Waals surface area (Å²) in [5.41, 5.74) is 2.86. The molecule has 0 amide bonds. The van der Waals surface area contributed by atoms with Crippen LogP contribution >= 0.6 is 11.6 Å². The maximum atomic E-state index is 10.1. The predicted octanol–water partition coefficient (Wildman–Crippen LogP) is 2.66. The van der Waals surface area contributed by atoms with Crippen molar-refractivity contribution in [3.8, 4) is 0 Å². The molecule has 0 radical (unpaired) electrons. The number of benzene rings is 1. The Morgan fingerprint density at radius 3 is 2.76 bits per heavy atom. The number of rotatable bonds is 3. The predicted molar refractivity (Wildman–Crippen MR) is 68.1 cm³/mol. The number of aromatic nitrogens is 2. The molecule has 17 heavy (non-hydrogen) atoms. The Labute approximate surface area is 106 Å². The molecule has 1 N–H and O–H groups in total. The van der Waals surface area contributed by atoms with Crippen LogP contribution < -0.4 is 0 Å². The van der Waals surface area contributed by atoms with E-state index in [2.05, 4.69) is 5.10 Å². The summed E-state index contributed by atoms with van der Waals surface area (Å²) >= 11 is 6.14. The van der Waals surface area contributed by atoms with E-state index in [1.165, 1.54) is 0 Å². The molecule has 2 rings (SSSR count). The minimum atomic E-state index is -0.581. The van der Waals surface area contributed by atoms with E-state index in [0.29, 0.717) is 11.4 Å². The van der Waals surface area contributed by atoms with E-state index in [1.54, 1.807) is 10.9 Å². The van der Waals surface area contributed by atoms with Gasteiger partial charge in [-0.2, -0.15) is 5.10 Å². The molecule has 0 aliphatic carbocycles. The summed E-state index contributed by atoms with van der Waals surface area (Å²) in [5.74, 6) is 0. The van der Waals surface area contributed by atoms with Crippen molar-refractivity contribution in [2.45, 2.75) is 19.4 Å². The van der Waals surface area contributed by atoms with Gasteiger partial charge in [0, 0.05) is 24.7 Å². The van der Waals surface area contributed by atoms with E-state index in [9.17, 15) is 5.11 Å². The van der Waals surface area contributed by atoms with Crippen LogP contribution in [0.4, 0.5) is 0 Å². The van der Waals surface area contributed by atoms with Gasteiger partial charge in [-0.1, -0.05) is 23.7 Å². The summed E-state index contributed by atoms with van der Waals surface area (Å²) in [6.07, 6.45) is 1.59. The number of hydrogen-bond donors (Lipinski definition) is 1. The SMILES string of the molecule is Cc1ccc(CC(O)c2ccnn2C)c(Cl)c1. The molecular formula is C13H15ClN2O. The highest BCUT2D eigenvalue weighted by Crippen LogP contribution is 2.24. The van der Waals surface area contributed by atoms with Crippen LogP contribution in [0, 0.1) is 6.92 Å². The lowest BCUT2D eigenvalue weighted by Gasteiger charge is -2.12. The van der Waals surface area contributed by atoms with E-state index in [-0.39, 0.29) is 0 Å². The molecule has 0 fully saturated rings. The van der Waals surface area contributed by atoms with Gasteiger partial charge in [0.2, 0.25) is 0 Å². The molecular weight excluding hydrogens is 236 g/mol. The van der Waals surface area contributed by atoms with E-state index in [0.717, 1.165) is 16.8 Å². The van der Waals surface area contributed by atoms with Gasteiger partial charge in [-0.15, -0.1) is 0 Å². The number of aliphatic hydroxyl groups is 1. The third-order valence-electron chi connectivity index (χ3n) is 2.82. The average Bonchev–Trinajstić information content (AvgIpc) is 2.68. The summed E-state index contributed by atoms with van der Waals surface area (Å²) < 4.78 is 1.67. The molecule has 1 aromatic carbocycles. The van der Waals surface area contributed by atoms with Gasteiger partial charge in [-0.25, -0.2) is 0 Å². The highest BCUT2D eigenvalue weighted by molar-refractivity contribution is 6.31. The second-order valence-electron chi connectivity index (χ2n) is 4.19. The van der Waals surface area contributed by atoms with E-state index < -0.39 is 6.10 Å². The van der Waals surface area contributed by atoms with Crippen molar-refractivity contribution in [3.63, 3.8) is 0 Å². The van der Waals surface area contributed by atoms with Crippen LogP contribution in [-0.4, -0.2) is 14.9 Å². The first-order valence-electron chi connectivity index (χ1n) is 5.49. The van der Waals surface area contributed by atoms with Crippen molar-refractivity contribution >= 4 is 11.6 Å². The quantitative estimate of drug-likeness (QED) is 0.910. The summed E-state index contributed by atoms with van der Waals surface area (Å²) in [7, 11) is 1.81.